The molecule has 0 saturated carbocycles. The minimum Gasteiger partial charge on any atom is -0.317 e. The first-order valence-electron chi connectivity index (χ1n) is 7.22. The van der Waals surface area contributed by atoms with Crippen molar-refractivity contribution in [1.82, 2.24) is 10.2 Å². The van der Waals surface area contributed by atoms with Gasteiger partial charge in [0.25, 0.3) is 0 Å². The normalized spacial score (nSPS) is 27.1. The monoisotopic (exact) mass is 246 g/mol. The number of hydrogen-bond acceptors (Lipinski definition) is 2. The summed E-state index contributed by atoms with van der Waals surface area (Å²) in [5.41, 5.74) is 1.47. The van der Waals surface area contributed by atoms with Crippen molar-refractivity contribution in [3.05, 3.63) is 35.9 Å². The zero-order valence-electron chi connectivity index (χ0n) is 11.9. The second-order valence-electron chi connectivity index (χ2n) is 5.49. The van der Waals surface area contributed by atoms with E-state index in [-0.39, 0.29) is 0 Å². The molecule has 2 nitrogen and oxygen atoms in total. The van der Waals surface area contributed by atoms with Crippen molar-refractivity contribution in [3.63, 3.8) is 0 Å². The standard InChI is InChI=1S/C16H26N2/c1-4-16(14-8-6-5-7-9-14)18-11-10-15(17-3)13(2)12-18/h5-9,13,15-17H,4,10-12H2,1-3H3. The molecule has 3 unspecified atom stereocenters. The van der Waals surface area contributed by atoms with Crippen molar-refractivity contribution in [2.24, 2.45) is 5.92 Å². The lowest BCUT2D eigenvalue weighted by atomic mass is 9.91. The average molecular weight is 246 g/mol. The van der Waals surface area contributed by atoms with Gasteiger partial charge >= 0.3 is 0 Å². The molecule has 1 N–H and O–H groups in total. The van der Waals surface area contributed by atoms with Gasteiger partial charge in [-0.15, -0.1) is 0 Å². The molecule has 1 aromatic carbocycles. The molecule has 18 heavy (non-hydrogen) atoms. The van der Waals surface area contributed by atoms with E-state index in [0.717, 1.165) is 5.92 Å². The van der Waals surface area contributed by atoms with E-state index in [9.17, 15) is 0 Å². The van der Waals surface area contributed by atoms with Crippen molar-refractivity contribution in [1.29, 1.82) is 0 Å². The Kier molecular flexibility index (Phi) is 4.79. The minimum absolute atomic E-state index is 0.589. The van der Waals surface area contributed by atoms with Crippen LogP contribution in [0.15, 0.2) is 30.3 Å². The highest BCUT2D eigenvalue weighted by atomic mass is 15.2. The first kappa shape index (κ1) is 13.6. The summed E-state index contributed by atoms with van der Waals surface area (Å²) in [6, 6.07) is 12.2. The zero-order chi connectivity index (χ0) is 13.0. The van der Waals surface area contributed by atoms with Gasteiger partial charge in [0, 0.05) is 25.2 Å². The van der Waals surface area contributed by atoms with Gasteiger partial charge in [-0.3, -0.25) is 4.90 Å². The topological polar surface area (TPSA) is 15.3 Å². The smallest absolute Gasteiger partial charge is 0.0345 e. The van der Waals surface area contributed by atoms with Gasteiger partial charge < -0.3 is 5.32 Å². The molecular weight excluding hydrogens is 220 g/mol. The third kappa shape index (κ3) is 2.93. The van der Waals surface area contributed by atoms with Crippen LogP contribution in [-0.4, -0.2) is 31.1 Å². The highest BCUT2D eigenvalue weighted by molar-refractivity contribution is 5.19. The Morgan fingerprint density at radius 3 is 2.61 bits per heavy atom. The molecule has 2 heteroatoms. The fourth-order valence-corrected chi connectivity index (χ4v) is 3.27. The first-order valence-corrected chi connectivity index (χ1v) is 7.22. The maximum atomic E-state index is 3.44. The van der Waals surface area contributed by atoms with Crippen LogP contribution in [0.1, 0.15) is 38.3 Å². The number of nitrogens with zero attached hydrogens (tertiary/aromatic N) is 1. The lowest BCUT2D eigenvalue weighted by Gasteiger charge is -2.41. The van der Waals surface area contributed by atoms with Crippen molar-refractivity contribution >= 4 is 0 Å². The second-order valence-corrected chi connectivity index (χ2v) is 5.49. The molecule has 0 radical (unpaired) electrons. The van der Waals surface area contributed by atoms with Gasteiger partial charge in [-0.05, 0) is 31.4 Å². The van der Waals surface area contributed by atoms with Crippen LogP contribution in [0.25, 0.3) is 0 Å². The molecule has 1 aliphatic rings. The van der Waals surface area contributed by atoms with Gasteiger partial charge in [-0.1, -0.05) is 44.2 Å². The predicted molar refractivity (Wildman–Crippen MR) is 77.7 cm³/mol. The van der Waals surface area contributed by atoms with Gasteiger partial charge in [-0.2, -0.15) is 0 Å². The van der Waals surface area contributed by atoms with E-state index in [2.05, 4.69) is 61.4 Å². The van der Waals surface area contributed by atoms with E-state index in [4.69, 9.17) is 0 Å². The molecule has 1 aliphatic heterocycles. The number of piperidine rings is 1. The Morgan fingerprint density at radius 1 is 1.33 bits per heavy atom. The van der Waals surface area contributed by atoms with Crippen molar-refractivity contribution in [2.75, 3.05) is 20.1 Å². The molecule has 100 valence electrons. The Morgan fingerprint density at radius 2 is 2.06 bits per heavy atom. The van der Waals surface area contributed by atoms with Gasteiger partial charge in [0.2, 0.25) is 0 Å². The summed E-state index contributed by atoms with van der Waals surface area (Å²) in [7, 11) is 2.09. The summed E-state index contributed by atoms with van der Waals surface area (Å²) in [6.07, 6.45) is 2.46. The van der Waals surface area contributed by atoms with E-state index in [1.54, 1.807) is 0 Å². The first-order chi connectivity index (χ1) is 8.76. The third-order valence-electron chi connectivity index (χ3n) is 4.32. The third-order valence-corrected chi connectivity index (χ3v) is 4.32. The Labute approximate surface area is 111 Å². The molecule has 3 atom stereocenters. The van der Waals surface area contributed by atoms with Crippen LogP contribution in [0.2, 0.25) is 0 Å². The Hall–Kier alpha value is -0.860. The molecule has 0 spiro atoms. The molecule has 0 amide bonds. The maximum absolute atomic E-state index is 3.44. The van der Waals surface area contributed by atoms with Crippen molar-refractivity contribution in [2.45, 2.75) is 38.8 Å². The van der Waals surface area contributed by atoms with E-state index in [1.807, 2.05) is 0 Å². The van der Waals surface area contributed by atoms with Crippen LogP contribution in [-0.2, 0) is 0 Å². The fourth-order valence-electron chi connectivity index (χ4n) is 3.27. The summed E-state index contributed by atoms with van der Waals surface area (Å²) in [6.45, 7) is 7.08. The molecule has 1 saturated heterocycles. The highest BCUT2D eigenvalue weighted by Crippen LogP contribution is 2.29. The van der Waals surface area contributed by atoms with Gasteiger partial charge in [-0.25, -0.2) is 0 Å². The van der Waals surface area contributed by atoms with E-state index < -0.39 is 0 Å². The molecule has 1 heterocycles. The fraction of sp³-hybridized carbons (Fsp3) is 0.625. The van der Waals surface area contributed by atoms with Crippen LogP contribution in [0.4, 0.5) is 0 Å². The van der Waals surface area contributed by atoms with E-state index >= 15 is 0 Å². The predicted octanol–water partition coefficient (Wildman–Crippen LogP) is 3.07. The van der Waals surface area contributed by atoms with Gasteiger partial charge in [0.1, 0.15) is 0 Å². The summed E-state index contributed by atoms with van der Waals surface area (Å²) < 4.78 is 0. The number of rotatable bonds is 4. The lowest BCUT2D eigenvalue weighted by molar-refractivity contribution is 0.104. The SMILES string of the molecule is CCC(c1ccccc1)N1CCC(NC)C(C)C1. The molecule has 0 bridgehead atoms. The zero-order valence-corrected chi connectivity index (χ0v) is 11.9. The van der Waals surface area contributed by atoms with E-state index in [0.29, 0.717) is 12.1 Å². The molecule has 0 aliphatic carbocycles. The van der Waals surface area contributed by atoms with Crippen LogP contribution >= 0.6 is 0 Å². The largest absolute Gasteiger partial charge is 0.317 e. The van der Waals surface area contributed by atoms with E-state index in [1.165, 1.54) is 31.5 Å². The summed E-state index contributed by atoms with van der Waals surface area (Å²) >= 11 is 0. The molecule has 1 fully saturated rings. The van der Waals surface area contributed by atoms with Crippen LogP contribution in [0.5, 0.6) is 0 Å². The number of nitrogens with one attached hydrogen (secondary N) is 1. The number of likely N-dealkylation sites (tertiary alicyclic amines) is 1. The molecule has 1 aromatic rings. The molecule has 2 rings (SSSR count). The van der Waals surface area contributed by atoms with Crippen LogP contribution in [0, 0.1) is 5.92 Å². The molecule has 0 aromatic heterocycles. The minimum atomic E-state index is 0.589. The van der Waals surface area contributed by atoms with Crippen molar-refractivity contribution in [3.8, 4) is 0 Å². The van der Waals surface area contributed by atoms with Crippen LogP contribution in [0.3, 0.4) is 0 Å². The maximum Gasteiger partial charge on any atom is 0.0345 e. The van der Waals surface area contributed by atoms with Crippen molar-refractivity contribution < 1.29 is 0 Å². The quantitative estimate of drug-likeness (QED) is 0.878. The Bertz CT molecular complexity index is 349. The summed E-state index contributed by atoms with van der Waals surface area (Å²) in [5, 5.41) is 3.44. The summed E-state index contributed by atoms with van der Waals surface area (Å²) in [4.78, 5) is 2.66. The number of hydrogen-bond donors (Lipinski definition) is 1. The Balaban J connectivity index is 2.06. The average Bonchev–Trinajstić information content (AvgIpc) is 2.41. The van der Waals surface area contributed by atoms with Crippen LogP contribution < -0.4 is 5.32 Å². The van der Waals surface area contributed by atoms with Gasteiger partial charge in [0.05, 0.1) is 0 Å². The second kappa shape index (κ2) is 6.35. The lowest BCUT2D eigenvalue weighted by Crippen LogP contribution is -2.48. The van der Waals surface area contributed by atoms with Gasteiger partial charge in [0.15, 0.2) is 0 Å². The summed E-state index contributed by atoms with van der Waals surface area (Å²) in [5.74, 6) is 0.738. The highest BCUT2D eigenvalue weighted by Gasteiger charge is 2.28. The molecular formula is C16H26N2. The number of benzene rings is 1.